The maximum atomic E-state index is 13.3. The van der Waals surface area contributed by atoms with Gasteiger partial charge in [0.25, 0.3) is 17.7 Å². The molecular formula is C18H15N7O9. The maximum absolute atomic E-state index is 13.3. The van der Waals surface area contributed by atoms with Gasteiger partial charge in [0.15, 0.2) is 0 Å². The number of fused-ring (bicyclic) bond motifs is 1. The van der Waals surface area contributed by atoms with Crippen LogP contribution >= 0.6 is 0 Å². The third-order valence-electron chi connectivity index (χ3n) is 5.27. The topological polar surface area (TPSA) is 290 Å². The standard InChI is InChI=1S/C18H15N7O9/c19-11(27)5-6(12(20)28)8(14(22)30)10-9(7(5)13(21)29)16(32)24(17(10)33)3-1-2-4(26)25(15(3)31)18(23)34/h3H,1-2H2,(H2,19,27)(H2,20,28)(H2,21,29)(H2,22,30)(H2,23,34). The van der Waals surface area contributed by atoms with E-state index in [0.717, 1.165) is 0 Å². The zero-order valence-electron chi connectivity index (χ0n) is 16.9. The van der Waals surface area contributed by atoms with Crippen LogP contribution in [0.1, 0.15) is 75.0 Å². The number of likely N-dealkylation sites (tertiary alicyclic amines) is 1. The molecule has 0 aromatic heterocycles. The fourth-order valence-corrected chi connectivity index (χ4v) is 4.02. The van der Waals surface area contributed by atoms with Crippen LogP contribution in [0.25, 0.3) is 0 Å². The van der Waals surface area contributed by atoms with E-state index in [1.165, 1.54) is 0 Å². The average molecular weight is 473 g/mol. The molecular weight excluding hydrogens is 458 g/mol. The number of piperidine rings is 1. The van der Waals surface area contributed by atoms with Gasteiger partial charge in [0.1, 0.15) is 6.04 Å². The molecule has 1 saturated heterocycles. The van der Waals surface area contributed by atoms with Gasteiger partial charge in [-0.3, -0.25) is 43.3 Å². The van der Waals surface area contributed by atoms with E-state index >= 15 is 0 Å². The first-order valence-corrected chi connectivity index (χ1v) is 9.21. The molecule has 176 valence electrons. The maximum Gasteiger partial charge on any atom is 0.328 e. The van der Waals surface area contributed by atoms with Gasteiger partial charge in [-0.25, -0.2) is 4.79 Å². The number of imide groups is 4. The van der Waals surface area contributed by atoms with Crippen LogP contribution in [0.15, 0.2) is 0 Å². The minimum atomic E-state index is -1.78. The fraction of sp³-hybridized carbons (Fsp3) is 0.167. The Bertz CT molecular complexity index is 1230. The lowest BCUT2D eigenvalue weighted by Gasteiger charge is -2.32. The Labute approximate surface area is 187 Å². The summed E-state index contributed by atoms with van der Waals surface area (Å²) in [7, 11) is 0. The molecule has 0 spiro atoms. The van der Waals surface area contributed by atoms with Crippen molar-refractivity contribution < 1.29 is 43.2 Å². The zero-order chi connectivity index (χ0) is 25.8. The van der Waals surface area contributed by atoms with Crippen molar-refractivity contribution in [3.63, 3.8) is 0 Å². The highest BCUT2D eigenvalue weighted by Gasteiger charge is 2.52. The Morgan fingerprint density at radius 2 is 1.03 bits per heavy atom. The van der Waals surface area contributed by atoms with Crippen molar-refractivity contribution in [1.29, 1.82) is 0 Å². The Hall–Kier alpha value is -5.15. The molecule has 1 fully saturated rings. The van der Waals surface area contributed by atoms with Crippen LogP contribution in [-0.4, -0.2) is 69.1 Å². The fourth-order valence-electron chi connectivity index (χ4n) is 4.02. The van der Waals surface area contributed by atoms with Crippen molar-refractivity contribution in [2.75, 3.05) is 0 Å². The van der Waals surface area contributed by atoms with Gasteiger partial charge < -0.3 is 28.7 Å². The van der Waals surface area contributed by atoms with E-state index in [9.17, 15) is 43.2 Å². The van der Waals surface area contributed by atoms with Gasteiger partial charge in [-0.15, -0.1) is 0 Å². The molecule has 2 aliphatic rings. The number of carbonyl (C=O) groups excluding carboxylic acids is 9. The van der Waals surface area contributed by atoms with Gasteiger partial charge in [0, 0.05) is 6.42 Å². The average Bonchev–Trinajstić information content (AvgIpc) is 2.96. The Kier molecular flexibility index (Phi) is 5.37. The van der Waals surface area contributed by atoms with E-state index in [1.807, 2.05) is 0 Å². The lowest BCUT2D eigenvalue weighted by Crippen LogP contribution is -2.58. The second-order valence-electron chi connectivity index (χ2n) is 7.15. The number of carbonyl (C=O) groups is 9. The minimum absolute atomic E-state index is 0.0192. The molecule has 1 aromatic carbocycles. The zero-order valence-corrected chi connectivity index (χ0v) is 16.9. The van der Waals surface area contributed by atoms with Gasteiger partial charge in [-0.05, 0) is 6.42 Å². The summed E-state index contributed by atoms with van der Waals surface area (Å²) >= 11 is 0. The molecule has 10 N–H and O–H groups in total. The van der Waals surface area contributed by atoms with E-state index in [2.05, 4.69) is 0 Å². The summed E-state index contributed by atoms with van der Waals surface area (Å²) in [4.78, 5) is 112. The second-order valence-corrected chi connectivity index (χ2v) is 7.15. The summed E-state index contributed by atoms with van der Waals surface area (Å²) in [6.07, 6.45) is -0.937. The normalized spacial score (nSPS) is 17.6. The number of hydrogen-bond acceptors (Lipinski definition) is 9. The quantitative estimate of drug-likeness (QED) is 0.262. The largest absolute Gasteiger partial charge is 0.366 e. The van der Waals surface area contributed by atoms with E-state index in [4.69, 9.17) is 28.7 Å². The lowest BCUT2D eigenvalue weighted by molar-refractivity contribution is -0.147. The SMILES string of the molecule is NC(=O)c1c(C(N)=O)c(C(N)=O)c2c(c1C(N)=O)C(=O)N(C1CCC(=O)N(C(N)=O)C1=O)C2=O. The molecule has 1 unspecified atom stereocenters. The first-order valence-electron chi connectivity index (χ1n) is 9.21. The third-order valence-corrected chi connectivity index (χ3v) is 5.27. The Morgan fingerprint density at radius 1 is 0.647 bits per heavy atom. The number of nitrogens with two attached hydrogens (primary N) is 5. The Balaban J connectivity index is 2.39. The third kappa shape index (κ3) is 3.12. The summed E-state index contributed by atoms with van der Waals surface area (Å²) in [5, 5.41) is 0. The molecule has 0 bridgehead atoms. The van der Waals surface area contributed by atoms with Gasteiger partial charge in [-0.1, -0.05) is 0 Å². The van der Waals surface area contributed by atoms with Crippen LogP contribution in [0, 0.1) is 0 Å². The molecule has 16 heteroatoms. The van der Waals surface area contributed by atoms with Crippen LogP contribution in [0.3, 0.4) is 0 Å². The van der Waals surface area contributed by atoms with Crippen molar-refractivity contribution in [3.8, 4) is 0 Å². The number of primary amides is 5. The summed E-state index contributed by atoms with van der Waals surface area (Å²) < 4.78 is 0. The number of hydrogen-bond donors (Lipinski definition) is 5. The second kappa shape index (κ2) is 7.76. The Morgan fingerprint density at radius 3 is 1.35 bits per heavy atom. The van der Waals surface area contributed by atoms with Gasteiger partial charge in [0.2, 0.25) is 29.5 Å². The van der Waals surface area contributed by atoms with Crippen molar-refractivity contribution >= 4 is 53.3 Å². The van der Waals surface area contributed by atoms with Crippen LogP contribution < -0.4 is 28.7 Å². The molecule has 1 atom stereocenters. The summed E-state index contributed by atoms with van der Waals surface area (Å²) in [6, 6.07) is -3.26. The van der Waals surface area contributed by atoms with Gasteiger partial charge in [0.05, 0.1) is 33.4 Å². The number of nitrogens with zero attached hydrogens (tertiary/aromatic N) is 2. The van der Waals surface area contributed by atoms with Crippen molar-refractivity contribution in [2.45, 2.75) is 18.9 Å². The molecule has 1 aromatic rings. The van der Waals surface area contributed by atoms with E-state index < -0.39 is 106 Å². The van der Waals surface area contributed by atoms with E-state index in [-0.39, 0.29) is 9.80 Å². The minimum Gasteiger partial charge on any atom is -0.366 e. The monoisotopic (exact) mass is 473 g/mol. The smallest absolute Gasteiger partial charge is 0.328 e. The molecule has 2 aliphatic heterocycles. The summed E-state index contributed by atoms with van der Waals surface area (Å²) in [5.74, 6) is -11.2. The number of rotatable bonds is 5. The molecule has 2 heterocycles. The lowest BCUT2D eigenvalue weighted by atomic mass is 9.85. The first kappa shape index (κ1) is 23.5. The van der Waals surface area contributed by atoms with Crippen LogP contribution in [0.2, 0.25) is 0 Å². The highest BCUT2D eigenvalue weighted by atomic mass is 16.2. The molecule has 16 nitrogen and oxygen atoms in total. The predicted octanol–water partition coefficient (Wildman–Crippen LogP) is -3.73. The van der Waals surface area contributed by atoms with E-state index in [0.29, 0.717) is 0 Å². The highest BCUT2D eigenvalue weighted by molar-refractivity contribution is 6.33. The number of amides is 10. The molecule has 0 aliphatic carbocycles. The van der Waals surface area contributed by atoms with Crippen molar-refractivity contribution in [1.82, 2.24) is 9.80 Å². The van der Waals surface area contributed by atoms with Crippen LogP contribution in [0.5, 0.6) is 0 Å². The summed E-state index contributed by atoms with van der Waals surface area (Å²) in [5.41, 5.74) is 20.1. The molecule has 10 amide bonds. The van der Waals surface area contributed by atoms with Gasteiger partial charge >= 0.3 is 6.03 Å². The van der Waals surface area contributed by atoms with Crippen LogP contribution in [-0.2, 0) is 9.59 Å². The number of benzene rings is 1. The van der Waals surface area contributed by atoms with Crippen LogP contribution in [0.4, 0.5) is 4.79 Å². The molecule has 0 saturated carbocycles. The predicted molar refractivity (Wildman–Crippen MR) is 105 cm³/mol. The first-order chi connectivity index (χ1) is 15.7. The number of urea groups is 1. The molecule has 34 heavy (non-hydrogen) atoms. The summed E-state index contributed by atoms with van der Waals surface area (Å²) in [6.45, 7) is 0. The molecule has 3 rings (SSSR count). The van der Waals surface area contributed by atoms with Crippen molar-refractivity contribution in [2.24, 2.45) is 28.7 Å². The highest BCUT2D eigenvalue weighted by Crippen LogP contribution is 2.37. The van der Waals surface area contributed by atoms with Crippen molar-refractivity contribution in [3.05, 3.63) is 33.4 Å². The molecule has 0 radical (unpaired) electrons. The van der Waals surface area contributed by atoms with Gasteiger partial charge in [-0.2, -0.15) is 4.90 Å². The van der Waals surface area contributed by atoms with E-state index in [1.54, 1.807) is 0 Å².